The zero-order valence-corrected chi connectivity index (χ0v) is 12.4. The first-order chi connectivity index (χ1) is 5.81. The van der Waals surface area contributed by atoms with E-state index in [4.69, 9.17) is 4.74 Å². The van der Waals surface area contributed by atoms with Gasteiger partial charge < -0.3 is 22.6 Å². The molecule has 0 bridgehead atoms. The van der Waals surface area contributed by atoms with Crippen LogP contribution in [0.3, 0.4) is 0 Å². The predicted octanol–water partition coefficient (Wildman–Crippen LogP) is -1.27. The molecule has 0 aromatic carbocycles. The van der Waals surface area contributed by atoms with Crippen molar-refractivity contribution in [3.8, 4) is 0 Å². The maximum Gasteiger partial charge on any atom is 1.00 e. The molecule has 0 atom stereocenters. The minimum absolute atomic E-state index is 0. The Labute approximate surface area is 126 Å². The van der Waals surface area contributed by atoms with Crippen molar-refractivity contribution >= 4 is 6.98 Å². The van der Waals surface area contributed by atoms with Crippen LogP contribution in [0.15, 0.2) is 0 Å². The molecule has 0 fully saturated rings. The van der Waals surface area contributed by atoms with E-state index < -0.39 is 13.4 Å². The maximum atomic E-state index is 11.9. The van der Waals surface area contributed by atoms with E-state index in [0.717, 1.165) is 0 Å². The molecular formula is C7H16BF3KNO. The van der Waals surface area contributed by atoms with E-state index in [0.29, 0.717) is 13.2 Å². The third-order valence-electron chi connectivity index (χ3n) is 1.44. The minimum atomic E-state index is -4.71. The van der Waals surface area contributed by atoms with Crippen molar-refractivity contribution in [1.82, 2.24) is 4.90 Å². The van der Waals surface area contributed by atoms with E-state index in [-0.39, 0.29) is 57.5 Å². The number of halogens is 3. The van der Waals surface area contributed by atoms with Crippen molar-refractivity contribution in [3.63, 3.8) is 0 Å². The number of ether oxygens (including phenoxy) is 1. The maximum absolute atomic E-state index is 11.9. The third-order valence-corrected chi connectivity index (χ3v) is 1.44. The van der Waals surface area contributed by atoms with E-state index in [9.17, 15) is 12.9 Å². The summed E-state index contributed by atoms with van der Waals surface area (Å²) in [5, 5.41) is 0. The van der Waals surface area contributed by atoms with E-state index in [1.165, 1.54) is 11.9 Å². The molecule has 0 N–H and O–H groups in total. The summed E-state index contributed by atoms with van der Waals surface area (Å²) in [4.78, 5) is 1.22. The average molecular weight is 237 g/mol. The molecule has 0 aliphatic carbocycles. The standard InChI is InChI=1S/C7H16BF3NO.K/c1-7(2)13-5-4-12(3)6-8(9,10)11;/h7H,4-6H2,1-3H3;/q-1;+1. The SMILES string of the molecule is CC(C)OCCN(C)C[B-](F)(F)F.[K+]. The average Bonchev–Trinajstić information content (AvgIpc) is 1.81. The topological polar surface area (TPSA) is 12.5 Å². The fraction of sp³-hybridized carbons (Fsp3) is 1.00. The van der Waals surface area contributed by atoms with Gasteiger partial charge in [0.15, 0.2) is 0 Å². The van der Waals surface area contributed by atoms with Crippen LogP contribution in [0.4, 0.5) is 12.9 Å². The predicted molar refractivity (Wildman–Crippen MR) is 47.7 cm³/mol. The molecule has 0 unspecified atom stereocenters. The first-order valence-corrected chi connectivity index (χ1v) is 4.32. The molecule has 0 rings (SSSR count). The van der Waals surface area contributed by atoms with Gasteiger partial charge in [-0.25, -0.2) is 0 Å². The summed E-state index contributed by atoms with van der Waals surface area (Å²) in [6, 6.07) is 0. The molecule has 0 aliphatic heterocycles. The second-order valence-electron chi connectivity index (χ2n) is 3.39. The zero-order chi connectivity index (χ0) is 10.5. The molecule has 0 aliphatic rings. The van der Waals surface area contributed by atoms with Gasteiger partial charge in [0.05, 0.1) is 12.7 Å². The minimum Gasteiger partial charge on any atom is -0.448 e. The fourth-order valence-electron chi connectivity index (χ4n) is 0.889. The van der Waals surface area contributed by atoms with E-state index in [2.05, 4.69) is 0 Å². The van der Waals surface area contributed by atoms with Gasteiger partial charge in [0.1, 0.15) is 0 Å². The molecule has 0 saturated heterocycles. The van der Waals surface area contributed by atoms with Gasteiger partial charge in [0.25, 0.3) is 0 Å². The molecule has 0 radical (unpaired) electrons. The Kier molecular flexibility index (Phi) is 10.9. The van der Waals surface area contributed by atoms with Gasteiger partial charge in [-0.1, -0.05) is 0 Å². The molecule has 2 nitrogen and oxygen atoms in total. The molecule has 80 valence electrons. The van der Waals surface area contributed by atoms with Gasteiger partial charge >= 0.3 is 58.4 Å². The summed E-state index contributed by atoms with van der Waals surface area (Å²) in [7, 11) is 1.44. The van der Waals surface area contributed by atoms with Crippen molar-refractivity contribution in [2.45, 2.75) is 20.0 Å². The van der Waals surface area contributed by atoms with Gasteiger partial charge in [-0.05, 0) is 27.3 Å². The Morgan fingerprint density at radius 2 is 1.79 bits per heavy atom. The van der Waals surface area contributed by atoms with E-state index in [1.807, 2.05) is 13.8 Å². The second-order valence-corrected chi connectivity index (χ2v) is 3.39. The van der Waals surface area contributed by atoms with Gasteiger partial charge in [0.2, 0.25) is 0 Å². The van der Waals surface area contributed by atoms with Crippen molar-refractivity contribution in [1.29, 1.82) is 0 Å². The fourth-order valence-corrected chi connectivity index (χ4v) is 0.889. The summed E-state index contributed by atoms with van der Waals surface area (Å²) in [6.45, 7) is -0.331. The monoisotopic (exact) mass is 237 g/mol. The van der Waals surface area contributed by atoms with Crippen LogP contribution in [-0.2, 0) is 4.74 Å². The number of rotatable bonds is 6. The molecule has 0 aromatic rings. The van der Waals surface area contributed by atoms with Crippen LogP contribution in [0.25, 0.3) is 0 Å². The molecule has 7 heteroatoms. The molecule has 0 heterocycles. The van der Waals surface area contributed by atoms with E-state index >= 15 is 0 Å². The Bertz CT molecular complexity index is 145. The Balaban J connectivity index is 0. The van der Waals surface area contributed by atoms with Gasteiger partial charge in [-0.3, -0.25) is 0 Å². The number of likely N-dealkylation sites (N-methyl/N-ethyl adjacent to an activating group) is 1. The smallest absolute Gasteiger partial charge is 0.448 e. The Morgan fingerprint density at radius 3 is 2.14 bits per heavy atom. The van der Waals surface area contributed by atoms with Crippen LogP contribution < -0.4 is 51.4 Å². The van der Waals surface area contributed by atoms with Crippen LogP contribution in [-0.4, -0.2) is 44.6 Å². The van der Waals surface area contributed by atoms with Crippen LogP contribution in [0.5, 0.6) is 0 Å². The number of hydrogen-bond donors (Lipinski definition) is 0. The van der Waals surface area contributed by atoms with Gasteiger partial charge in [-0.15, -0.1) is 0 Å². The quantitative estimate of drug-likeness (QED) is 0.534. The van der Waals surface area contributed by atoms with Crippen LogP contribution in [0.1, 0.15) is 13.8 Å². The first-order valence-electron chi connectivity index (χ1n) is 4.32. The van der Waals surface area contributed by atoms with Crippen molar-refractivity contribution in [2.75, 3.05) is 26.6 Å². The van der Waals surface area contributed by atoms with Gasteiger partial charge in [0, 0.05) is 6.54 Å². The summed E-state index contributed by atoms with van der Waals surface area (Å²) in [6.07, 6.45) is -0.744. The zero-order valence-electron chi connectivity index (χ0n) is 9.27. The number of nitrogens with zero attached hydrogens (tertiary/aromatic N) is 1. The van der Waals surface area contributed by atoms with Crippen LogP contribution >= 0.6 is 0 Å². The third kappa shape index (κ3) is 13.4. The molecule has 14 heavy (non-hydrogen) atoms. The largest absolute Gasteiger partial charge is 1.00 e. The van der Waals surface area contributed by atoms with Crippen LogP contribution in [0.2, 0.25) is 0 Å². The van der Waals surface area contributed by atoms with Crippen molar-refractivity contribution in [2.24, 2.45) is 0 Å². The Morgan fingerprint density at radius 1 is 1.29 bits per heavy atom. The Hall–Kier alpha value is 1.41. The normalized spacial score (nSPS) is 12.0. The second kappa shape index (κ2) is 8.55. The molecular weight excluding hydrogens is 221 g/mol. The van der Waals surface area contributed by atoms with Crippen molar-refractivity contribution < 1.29 is 69.1 Å². The van der Waals surface area contributed by atoms with Crippen molar-refractivity contribution in [3.05, 3.63) is 0 Å². The van der Waals surface area contributed by atoms with Gasteiger partial charge in [-0.2, -0.15) is 0 Å². The molecule has 0 spiro atoms. The number of hydrogen-bond acceptors (Lipinski definition) is 2. The molecule has 0 amide bonds. The summed E-state index contributed by atoms with van der Waals surface area (Å²) < 4.78 is 40.7. The van der Waals surface area contributed by atoms with Crippen LogP contribution in [0, 0.1) is 0 Å². The summed E-state index contributed by atoms with van der Waals surface area (Å²) in [5.41, 5.74) is 0. The summed E-state index contributed by atoms with van der Waals surface area (Å²) in [5.74, 6) is 0. The molecule has 0 aromatic heterocycles. The first kappa shape index (κ1) is 17.8. The molecule has 0 saturated carbocycles. The summed E-state index contributed by atoms with van der Waals surface area (Å²) >= 11 is 0. The van der Waals surface area contributed by atoms with E-state index in [1.54, 1.807) is 0 Å².